The molecule has 18 heavy (non-hydrogen) atoms. The number of rotatable bonds is 6. The Balaban J connectivity index is 1.91. The minimum absolute atomic E-state index is 0.0474. The molecule has 100 valence electrons. The van der Waals surface area contributed by atoms with E-state index in [4.69, 9.17) is 21.1 Å². The Morgan fingerprint density at radius 2 is 2.11 bits per heavy atom. The molecule has 0 heterocycles. The third-order valence-electron chi connectivity index (χ3n) is 3.70. The molecular formula is C14H20ClNO2. The van der Waals surface area contributed by atoms with Gasteiger partial charge in [0.05, 0.1) is 12.7 Å². The first-order valence-electron chi connectivity index (χ1n) is 6.27. The summed E-state index contributed by atoms with van der Waals surface area (Å²) in [5.74, 6) is 0.868. The Hall–Kier alpha value is -0.770. The lowest BCUT2D eigenvalue weighted by atomic mass is 9.80. The number of benzene rings is 1. The van der Waals surface area contributed by atoms with E-state index in [1.165, 1.54) is 6.42 Å². The van der Waals surface area contributed by atoms with E-state index in [-0.39, 0.29) is 5.60 Å². The van der Waals surface area contributed by atoms with E-state index in [0.29, 0.717) is 0 Å². The number of halogens is 1. The van der Waals surface area contributed by atoms with Crippen molar-refractivity contribution < 1.29 is 9.47 Å². The first-order valence-corrected chi connectivity index (χ1v) is 6.65. The van der Waals surface area contributed by atoms with Crippen molar-refractivity contribution in [2.24, 2.45) is 0 Å². The van der Waals surface area contributed by atoms with Gasteiger partial charge in [0.2, 0.25) is 0 Å². The lowest BCUT2D eigenvalue weighted by Gasteiger charge is -2.40. The van der Waals surface area contributed by atoms with E-state index in [1.807, 2.05) is 18.2 Å². The third kappa shape index (κ3) is 2.97. The van der Waals surface area contributed by atoms with Crippen LogP contribution < -0.4 is 10.1 Å². The molecule has 1 fully saturated rings. The van der Waals surface area contributed by atoms with Crippen molar-refractivity contribution in [3.63, 3.8) is 0 Å². The molecule has 1 aliphatic carbocycles. The smallest absolute Gasteiger partial charge is 0.123 e. The van der Waals surface area contributed by atoms with Gasteiger partial charge < -0.3 is 14.8 Å². The van der Waals surface area contributed by atoms with Gasteiger partial charge in [-0.05, 0) is 37.5 Å². The molecule has 0 amide bonds. The van der Waals surface area contributed by atoms with Crippen molar-refractivity contribution in [1.82, 2.24) is 5.32 Å². The van der Waals surface area contributed by atoms with Gasteiger partial charge in [0.15, 0.2) is 0 Å². The van der Waals surface area contributed by atoms with Gasteiger partial charge in [0.1, 0.15) is 5.75 Å². The van der Waals surface area contributed by atoms with E-state index in [1.54, 1.807) is 14.2 Å². The number of hydrogen-bond donors (Lipinski definition) is 1. The fraction of sp³-hybridized carbons (Fsp3) is 0.571. The van der Waals surface area contributed by atoms with Crippen molar-refractivity contribution >= 4 is 11.6 Å². The first-order chi connectivity index (χ1) is 8.69. The molecule has 0 aromatic heterocycles. The summed E-state index contributed by atoms with van der Waals surface area (Å²) in [7, 11) is 3.47. The summed E-state index contributed by atoms with van der Waals surface area (Å²) in [6.07, 6.45) is 3.54. The van der Waals surface area contributed by atoms with Gasteiger partial charge in [0.25, 0.3) is 0 Å². The summed E-state index contributed by atoms with van der Waals surface area (Å²) >= 11 is 6.00. The van der Waals surface area contributed by atoms with Crippen LogP contribution >= 0.6 is 11.6 Å². The van der Waals surface area contributed by atoms with Crippen LogP contribution in [0.5, 0.6) is 5.75 Å². The fourth-order valence-electron chi connectivity index (χ4n) is 2.33. The molecular weight excluding hydrogens is 250 g/mol. The lowest BCUT2D eigenvalue weighted by molar-refractivity contribution is -0.0695. The molecule has 0 saturated heterocycles. The Bertz CT molecular complexity index is 399. The van der Waals surface area contributed by atoms with E-state index < -0.39 is 0 Å². The van der Waals surface area contributed by atoms with Crippen LogP contribution in [0.25, 0.3) is 0 Å². The topological polar surface area (TPSA) is 30.5 Å². The van der Waals surface area contributed by atoms with E-state index in [2.05, 4.69) is 5.32 Å². The van der Waals surface area contributed by atoms with Gasteiger partial charge in [-0.25, -0.2) is 0 Å². The molecule has 0 atom stereocenters. The normalized spacial score (nSPS) is 17.3. The van der Waals surface area contributed by atoms with Crippen LogP contribution in [0.4, 0.5) is 0 Å². The van der Waals surface area contributed by atoms with Crippen LogP contribution in [0.2, 0.25) is 5.02 Å². The molecule has 1 aromatic rings. The molecule has 1 N–H and O–H groups in total. The van der Waals surface area contributed by atoms with Crippen LogP contribution in [-0.4, -0.2) is 26.4 Å². The maximum absolute atomic E-state index is 6.00. The molecule has 1 saturated carbocycles. The van der Waals surface area contributed by atoms with Gasteiger partial charge >= 0.3 is 0 Å². The lowest BCUT2D eigenvalue weighted by Crippen LogP contribution is -2.47. The summed E-state index contributed by atoms with van der Waals surface area (Å²) in [5, 5.41) is 4.17. The molecule has 1 aliphatic rings. The molecule has 0 radical (unpaired) electrons. The second kappa shape index (κ2) is 5.91. The van der Waals surface area contributed by atoms with Crippen molar-refractivity contribution in [1.29, 1.82) is 0 Å². The number of ether oxygens (including phenoxy) is 2. The summed E-state index contributed by atoms with van der Waals surface area (Å²) < 4.78 is 10.9. The zero-order chi connectivity index (χ0) is 13.0. The zero-order valence-electron chi connectivity index (χ0n) is 11.0. The van der Waals surface area contributed by atoms with Gasteiger partial charge in [-0.3, -0.25) is 0 Å². The minimum Gasteiger partial charge on any atom is -0.496 e. The van der Waals surface area contributed by atoms with Gasteiger partial charge in [0, 0.05) is 30.8 Å². The highest BCUT2D eigenvalue weighted by molar-refractivity contribution is 6.30. The summed E-state index contributed by atoms with van der Waals surface area (Å²) in [5.41, 5.74) is 1.13. The Kier molecular flexibility index (Phi) is 4.49. The second-order valence-electron chi connectivity index (χ2n) is 4.80. The summed E-state index contributed by atoms with van der Waals surface area (Å²) in [4.78, 5) is 0. The quantitative estimate of drug-likeness (QED) is 0.861. The molecule has 4 heteroatoms. The van der Waals surface area contributed by atoms with Crippen molar-refractivity contribution in [3.05, 3.63) is 28.8 Å². The van der Waals surface area contributed by atoms with Crippen molar-refractivity contribution in [3.8, 4) is 5.75 Å². The third-order valence-corrected chi connectivity index (χ3v) is 3.94. The Morgan fingerprint density at radius 3 is 2.67 bits per heavy atom. The van der Waals surface area contributed by atoms with E-state index in [9.17, 15) is 0 Å². The van der Waals surface area contributed by atoms with E-state index >= 15 is 0 Å². The predicted molar refractivity (Wildman–Crippen MR) is 73.3 cm³/mol. The van der Waals surface area contributed by atoms with Crippen molar-refractivity contribution in [2.75, 3.05) is 20.8 Å². The average molecular weight is 270 g/mol. The number of nitrogens with one attached hydrogen (secondary N) is 1. The van der Waals surface area contributed by atoms with Crippen LogP contribution in [0.1, 0.15) is 24.8 Å². The fourth-order valence-corrected chi connectivity index (χ4v) is 2.53. The molecule has 3 nitrogen and oxygen atoms in total. The maximum atomic E-state index is 6.00. The largest absolute Gasteiger partial charge is 0.496 e. The number of methoxy groups -OCH3 is 2. The Morgan fingerprint density at radius 1 is 1.33 bits per heavy atom. The molecule has 2 rings (SSSR count). The SMILES string of the molecule is COc1ccc(Cl)cc1CNCC1(OC)CCC1. The van der Waals surface area contributed by atoms with Gasteiger partial charge in [-0.15, -0.1) is 0 Å². The van der Waals surface area contributed by atoms with Crippen molar-refractivity contribution in [2.45, 2.75) is 31.4 Å². The van der Waals surface area contributed by atoms with Crippen LogP contribution in [0.3, 0.4) is 0 Å². The van der Waals surface area contributed by atoms with Crippen LogP contribution in [0.15, 0.2) is 18.2 Å². The van der Waals surface area contributed by atoms with Gasteiger partial charge in [-0.2, -0.15) is 0 Å². The monoisotopic (exact) mass is 269 g/mol. The highest BCUT2D eigenvalue weighted by atomic mass is 35.5. The second-order valence-corrected chi connectivity index (χ2v) is 5.24. The standard InChI is InChI=1S/C14H20ClNO2/c1-17-13-5-4-12(15)8-11(13)9-16-10-14(18-2)6-3-7-14/h4-5,8,16H,3,6-7,9-10H2,1-2H3. The number of hydrogen-bond acceptors (Lipinski definition) is 3. The van der Waals surface area contributed by atoms with Crippen LogP contribution in [0, 0.1) is 0 Å². The highest BCUT2D eigenvalue weighted by Crippen LogP contribution is 2.34. The van der Waals surface area contributed by atoms with E-state index in [0.717, 1.165) is 42.3 Å². The molecule has 0 aliphatic heterocycles. The summed E-state index contributed by atoms with van der Waals surface area (Å²) in [6.45, 7) is 1.62. The first kappa shape index (κ1) is 13.7. The minimum atomic E-state index is 0.0474. The summed E-state index contributed by atoms with van der Waals surface area (Å²) in [6, 6.07) is 5.68. The average Bonchev–Trinajstić information content (AvgIpc) is 2.33. The molecule has 0 spiro atoms. The Labute approximate surface area is 113 Å². The molecule has 0 bridgehead atoms. The van der Waals surface area contributed by atoms with Gasteiger partial charge in [-0.1, -0.05) is 11.6 Å². The molecule has 1 aromatic carbocycles. The maximum Gasteiger partial charge on any atom is 0.123 e. The van der Waals surface area contributed by atoms with Crippen LogP contribution in [-0.2, 0) is 11.3 Å². The predicted octanol–water partition coefficient (Wildman–Crippen LogP) is 3.01. The zero-order valence-corrected chi connectivity index (χ0v) is 11.7. The highest BCUT2D eigenvalue weighted by Gasteiger charge is 2.36. The molecule has 0 unspecified atom stereocenters.